The number of hydrogen-bond acceptors (Lipinski definition) is 6. The Labute approximate surface area is 183 Å². The molecule has 2 unspecified atom stereocenters. The summed E-state index contributed by atoms with van der Waals surface area (Å²) in [5, 5.41) is 1.03. The average molecular weight is 441 g/mol. The van der Waals surface area contributed by atoms with E-state index in [0.29, 0.717) is 24.1 Å². The van der Waals surface area contributed by atoms with E-state index in [2.05, 4.69) is 6.92 Å². The molecule has 3 heterocycles. The molecule has 0 N–H and O–H groups in total. The lowest BCUT2D eigenvalue weighted by molar-refractivity contribution is -0.137. The molecule has 1 fully saturated rings. The lowest BCUT2D eigenvalue weighted by atomic mass is 9.89. The van der Waals surface area contributed by atoms with Crippen LogP contribution in [0.25, 0.3) is 15.9 Å². The second-order valence-corrected chi connectivity index (χ2v) is 10.7. The summed E-state index contributed by atoms with van der Waals surface area (Å²) < 4.78 is 6.88. The average Bonchev–Trinajstić information content (AvgIpc) is 3.27. The van der Waals surface area contributed by atoms with E-state index in [9.17, 15) is 9.59 Å². The first kappa shape index (κ1) is 19.8. The molecule has 5 nitrogen and oxygen atoms in total. The van der Waals surface area contributed by atoms with E-state index >= 15 is 0 Å². The van der Waals surface area contributed by atoms with E-state index in [0.717, 1.165) is 46.3 Å². The van der Waals surface area contributed by atoms with E-state index in [4.69, 9.17) is 9.72 Å². The van der Waals surface area contributed by atoms with Gasteiger partial charge in [-0.25, -0.2) is 4.98 Å². The Morgan fingerprint density at radius 2 is 2.07 bits per heavy atom. The van der Waals surface area contributed by atoms with Crippen molar-refractivity contribution in [3.63, 3.8) is 0 Å². The quantitative estimate of drug-likeness (QED) is 0.440. The van der Waals surface area contributed by atoms with Crippen molar-refractivity contribution in [2.45, 2.75) is 56.9 Å². The molecule has 2 aliphatic rings. The van der Waals surface area contributed by atoms with E-state index in [1.807, 2.05) is 32.0 Å². The highest BCUT2D eigenvalue weighted by Crippen LogP contribution is 2.38. The molecule has 1 aliphatic heterocycles. The zero-order valence-corrected chi connectivity index (χ0v) is 19.0. The molecule has 2 atom stereocenters. The number of fused-ring (bicyclic) bond motifs is 3. The van der Waals surface area contributed by atoms with Crippen LogP contribution in [-0.2, 0) is 22.4 Å². The van der Waals surface area contributed by atoms with Crippen LogP contribution in [0.5, 0.6) is 0 Å². The fourth-order valence-corrected chi connectivity index (χ4v) is 6.83. The Kier molecular flexibility index (Phi) is 4.98. The molecular formula is C23H24N2O3S2. The van der Waals surface area contributed by atoms with Crippen LogP contribution in [0.3, 0.4) is 0 Å². The summed E-state index contributed by atoms with van der Waals surface area (Å²) in [5.41, 5.74) is 4.10. The molecule has 156 valence electrons. The minimum absolute atomic E-state index is 0.0189. The minimum atomic E-state index is -0.319. The Morgan fingerprint density at radius 3 is 2.83 bits per heavy atom. The highest BCUT2D eigenvalue weighted by Gasteiger charge is 2.31. The van der Waals surface area contributed by atoms with E-state index in [1.165, 1.54) is 22.2 Å². The predicted octanol–water partition coefficient (Wildman–Crippen LogP) is 4.60. The number of ether oxygens (including phenoxy) is 1. The zero-order chi connectivity index (χ0) is 21.0. The smallest absolute Gasteiger partial charge is 0.319 e. The molecular weight excluding hydrogens is 416 g/mol. The minimum Gasteiger partial charge on any atom is -0.465 e. The summed E-state index contributed by atoms with van der Waals surface area (Å²) in [5.74, 6) is 0.412. The largest absolute Gasteiger partial charge is 0.465 e. The second kappa shape index (κ2) is 7.54. The summed E-state index contributed by atoms with van der Waals surface area (Å²) in [6.45, 7) is 6.73. The van der Waals surface area contributed by atoms with Gasteiger partial charge in [-0.3, -0.25) is 14.2 Å². The Hall–Kier alpha value is -2.12. The molecule has 2 aromatic heterocycles. The van der Waals surface area contributed by atoms with Crippen LogP contribution in [0, 0.1) is 19.8 Å². The van der Waals surface area contributed by atoms with Crippen molar-refractivity contribution < 1.29 is 9.53 Å². The van der Waals surface area contributed by atoms with Crippen LogP contribution in [0.2, 0.25) is 0 Å². The molecule has 0 amide bonds. The van der Waals surface area contributed by atoms with Gasteiger partial charge in [0, 0.05) is 11.3 Å². The summed E-state index contributed by atoms with van der Waals surface area (Å²) in [6.07, 6.45) is 3.69. The lowest BCUT2D eigenvalue weighted by Crippen LogP contribution is -2.24. The van der Waals surface area contributed by atoms with Crippen molar-refractivity contribution >= 4 is 39.3 Å². The number of cyclic esters (lactones) is 1. The number of benzene rings is 1. The lowest BCUT2D eigenvalue weighted by Gasteiger charge is -2.18. The molecule has 0 radical (unpaired) electrons. The molecule has 7 heteroatoms. The Balaban J connectivity index is 1.77. The number of rotatable bonds is 3. The number of hydrogen-bond donors (Lipinski definition) is 0. The van der Waals surface area contributed by atoms with Crippen molar-refractivity contribution in [2.75, 3.05) is 6.61 Å². The topological polar surface area (TPSA) is 61.2 Å². The van der Waals surface area contributed by atoms with Gasteiger partial charge in [0.05, 0.1) is 17.7 Å². The maximum Gasteiger partial charge on any atom is 0.319 e. The molecule has 0 spiro atoms. The zero-order valence-electron chi connectivity index (χ0n) is 17.4. The van der Waals surface area contributed by atoms with Crippen LogP contribution in [0.4, 0.5) is 0 Å². The molecule has 0 bridgehead atoms. The van der Waals surface area contributed by atoms with E-state index in [1.54, 1.807) is 15.9 Å². The maximum atomic E-state index is 13.9. The van der Waals surface area contributed by atoms with Crippen molar-refractivity contribution in [1.29, 1.82) is 0 Å². The van der Waals surface area contributed by atoms with Gasteiger partial charge >= 0.3 is 5.97 Å². The molecule has 0 saturated carbocycles. The molecule has 30 heavy (non-hydrogen) atoms. The fraction of sp³-hybridized carbons (Fsp3) is 0.435. The Bertz CT molecular complexity index is 1230. The van der Waals surface area contributed by atoms with Gasteiger partial charge in [0.1, 0.15) is 10.1 Å². The summed E-state index contributed by atoms with van der Waals surface area (Å²) in [6, 6.07) is 6.11. The fourth-order valence-electron chi connectivity index (χ4n) is 4.33. The van der Waals surface area contributed by atoms with Crippen molar-refractivity contribution in [2.24, 2.45) is 5.92 Å². The number of aryl methyl sites for hydroxylation is 3. The van der Waals surface area contributed by atoms with Gasteiger partial charge in [0.25, 0.3) is 5.56 Å². The number of carbonyl (C=O) groups is 1. The number of esters is 1. The molecule has 1 aliphatic carbocycles. The highest BCUT2D eigenvalue weighted by atomic mass is 32.2. The van der Waals surface area contributed by atoms with Gasteiger partial charge in [-0.2, -0.15) is 0 Å². The third kappa shape index (κ3) is 3.28. The monoisotopic (exact) mass is 440 g/mol. The van der Waals surface area contributed by atoms with Gasteiger partial charge in [-0.1, -0.05) is 30.8 Å². The summed E-state index contributed by atoms with van der Waals surface area (Å²) in [4.78, 5) is 33.1. The van der Waals surface area contributed by atoms with Crippen molar-refractivity contribution in [1.82, 2.24) is 9.55 Å². The van der Waals surface area contributed by atoms with Crippen LogP contribution >= 0.6 is 23.1 Å². The van der Waals surface area contributed by atoms with Gasteiger partial charge in [-0.05, 0) is 61.8 Å². The third-order valence-corrected chi connectivity index (χ3v) is 8.38. The number of thioether (sulfide) groups is 1. The van der Waals surface area contributed by atoms with E-state index in [-0.39, 0.29) is 16.8 Å². The highest BCUT2D eigenvalue weighted by molar-refractivity contribution is 8.00. The number of aromatic nitrogens is 2. The number of carbonyl (C=O) groups excluding carboxylic acids is 1. The molecule has 5 rings (SSSR count). The standard InChI is InChI=1S/C23H24N2O3S2/c1-12-4-6-14(3)16(10-12)25-21(26)19-15-7-5-13(2)11-18(15)29-20(19)24-23(25)30-17-8-9-28-22(17)27/h4,6,10,13,17H,5,7-9,11H2,1-3H3. The molecule has 1 saturated heterocycles. The van der Waals surface area contributed by atoms with Crippen LogP contribution in [0.15, 0.2) is 28.2 Å². The van der Waals surface area contributed by atoms with Crippen molar-refractivity contribution in [3.05, 3.63) is 50.1 Å². The molecule has 1 aromatic carbocycles. The first-order valence-corrected chi connectivity index (χ1v) is 12.1. The summed E-state index contributed by atoms with van der Waals surface area (Å²) in [7, 11) is 0. The third-order valence-electron chi connectivity index (χ3n) is 6.04. The van der Waals surface area contributed by atoms with Crippen LogP contribution in [-0.4, -0.2) is 27.4 Å². The predicted molar refractivity (Wildman–Crippen MR) is 121 cm³/mol. The molecule has 3 aromatic rings. The van der Waals surface area contributed by atoms with Gasteiger partial charge < -0.3 is 4.74 Å². The van der Waals surface area contributed by atoms with E-state index < -0.39 is 0 Å². The van der Waals surface area contributed by atoms with Gasteiger partial charge in [0.15, 0.2) is 5.16 Å². The number of nitrogens with zero attached hydrogens (tertiary/aromatic N) is 2. The normalized spacial score (nSPS) is 21.1. The SMILES string of the molecule is Cc1ccc(C)c(-n2c(SC3CCOC3=O)nc3sc4c(c3c2=O)CCC(C)C4)c1. The van der Waals surface area contributed by atoms with Gasteiger partial charge in [0.2, 0.25) is 0 Å². The maximum absolute atomic E-state index is 13.9. The van der Waals surface area contributed by atoms with Crippen LogP contribution in [0.1, 0.15) is 41.3 Å². The Morgan fingerprint density at radius 1 is 1.23 bits per heavy atom. The number of thiophene rings is 1. The first-order valence-electron chi connectivity index (χ1n) is 10.4. The summed E-state index contributed by atoms with van der Waals surface area (Å²) >= 11 is 3.00. The first-order chi connectivity index (χ1) is 14.4. The second-order valence-electron chi connectivity index (χ2n) is 8.42. The van der Waals surface area contributed by atoms with Crippen molar-refractivity contribution in [3.8, 4) is 5.69 Å². The van der Waals surface area contributed by atoms with Crippen LogP contribution < -0.4 is 5.56 Å². The van der Waals surface area contributed by atoms with Gasteiger partial charge in [-0.15, -0.1) is 11.3 Å².